The lowest BCUT2D eigenvalue weighted by Gasteiger charge is -2.46. The smallest absolute Gasteiger partial charge is 0.248 e. The molecule has 19 heavy (non-hydrogen) atoms. The molecule has 0 aromatic carbocycles. The van der Waals surface area contributed by atoms with Crippen molar-refractivity contribution in [2.45, 2.75) is 71.5 Å². The largest absolute Gasteiger partial charge is 0.340 e. The molecule has 2 fully saturated rings. The van der Waals surface area contributed by atoms with Gasteiger partial charge < -0.3 is 10.2 Å². The number of piperazine rings is 1. The van der Waals surface area contributed by atoms with Crippen LogP contribution in [0.3, 0.4) is 0 Å². The Morgan fingerprint density at radius 3 is 2.42 bits per heavy atom. The third-order valence-corrected chi connectivity index (χ3v) is 5.07. The zero-order valence-corrected chi connectivity index (χ0v) is 12.7. The second-order valence-electron chi connectivity index (χ2n) is 6.67. The number of carbonyl (C=O) groups excluding carboxylic acids is 2. The molecule has 0 radical (unpaired) electrons. The van der Waals surface area contributed by atoms with Crippen LogP contribution >= 0.6 is 0 Å². The van der Waals surface area contributed by atoms with Crippen molar-refractivity contribution in [3.05, 3.63) is 0 Å². The summed E-state index contributed by atoms with van der Waals surface area (Å²) in [5.74, 6) is 1.20. The maximum Gasteiger partial charge on any atom is 0.248 e. The van der Waals surface area contributed by atoms with Gasteiger partial charge in [0, 0.05) is 6.04 Å². The molecule has 0 aromatic heterocycles. The van der Waals surface area contributed by atoms with Crippen molar-refractivity contribution >= 4 is 11.8 Å². The molecule has 4 heteroatoms. The minimum atomic E-state index is -0.770. The molecule has 2 amide bonds. The van der Waals surface area contributed by atoms with Crippen LogP contribution in [-0.4, -0.2) is 34.3 Å². The van der Waals surface area contributed by atoms with E-state index in [-0.39, 0.29) is 23.9 Å². The molecule has 2 aliphatic rings. The molecule has 1 saturated carbocycles. The Hall–Kier alpha value is -1.06. The van der Waals surface area contributed by atoms with Gasteiger partial charge in [-0.05, 0) is 45.4 Å². The maximum absolute atomic E-state index is 12.6. The fourth-order valence-electron chi connectivity index (χ4n) is 3.72. The van der Waals surface area contributed by atoms with Crippen LogP contribution in [0.2, 0.25) is 0 Å². The highest BCUT2D eigenvalue weighted by Crippen LogP contribution is 2.39. The second kappa shape index (κ2) is 4.80. The molecule has 1 saturated heterocycles. The summed E-state index contributed by atoms with van der Waals surface area (Å²) in [7, 11) is 0. The SMILES string of the molecule is CCC1CCC(N2C(=O)C(C)(C)NC(=O)C2C)C1C. The highest BCUT2D eigenvalue weighted by Gasteiger charge is 2.49. The summed E-state index contributed by atoms with van der Waals surface area (Å²) in [6, 6.07) is -0.124. The van der Waals surface area contributed by atoms with Crippen LogP contribution in [0.5, 0.6) is 0 Å². The van der Waals surface area contributed by atoms with Gasteiger partial charge in [0.15, 0.2) is 0 Å². The average Bonchev–Trinajstić information content (AvgIpc) is 2.69. The Morgan fingerprint density at radius 1 is 1.26 bits per heavy atom. The summed E-state index contributed by atoms with van der Waals surface area (Å²) < 4.78 is 0. The molecule has 2 rings (SSSR count). The summed E-state index contributed by atoms with van der Waals surface area (Å²) in [6.45, 7) is 9.87. The van der Waals surface area contributed by atoms with Crippen LogP contribution in [0.15, 0.2) is 0 Å². The number of hydrogen-bond acceptors (Lipinski definition) is 2. The third kappa shape index (κ3) is 2.26. The Balaban J connectivity index is 2.26. The minimum absolute atomic E-state index is 0.0308. The van der Waals surface area contributed by atoms with Crippen LogP contribution in [0, 0.1) is 11.8 Å². The van der Waals surface area contributed by atoms with Crippen molar-refractivity contribution in [3.8, 4) is 0 Å². The molecular formula is C15H26N2O2. The fourth-order valence-corrected chi connectivity index (χ4v) is 3.72. The second-order valence-corrected chi connectivity index (χ2v) is 6.67. The molecule has 1 aliphatic carbocycles. The van der Waals surface area contributed by atoms with Crippen molar-refractivity contribution < 1.29 is 9.59 Å². The first-order valence-electron chi connectivity index (χ1n) is 7.44. The number of nitrogens with zero attached hydrogens (tertiary/aromatic N) is 1. The van der Waals surface area contributed by atoms with Crippen molar-refractivity contribution in [2.75, 3.05) is 0 Å². The molecular weight excluding hydrogens is 240 g/mol. The van der Waals surface area contributed by atoms with Gasteiger partial charge in [-0.3, -0.25) is 9.59 Å². The highest BCUT2D eigenvalue weighted by atomic mass is 16.2. The topological polar surface area (TPSA) is 49.4 Å². The Kier molecular flexibility index (Phi) is 3.63. The molecule has 4 unspecified atom stereocenters. The van der Waals surface area contributed by atoms with Crippen LogP contribution in [-0.2, 0) is 9.59 Å². The summed E-state index contributed by atoms with van der Waals surface area (Å²) >= 11 is 0. The van der Waals surface area contributed by atoms with E-state index >= 15 is 0 Å². The van der Waals surface area contributed by atoms with Crippen LogP contribution in [0.1, 0.15) is 53.9 Å². The third-order valence-electron chi connectivity index (χ3n) is 5.07. The summed E-state index contributed by atoms with van der Waals surface area (Å²) in [5.41, 5.74) is -0.770. The Labute approximate surface area is 115 Å². The molecule has 0 bridgehead atoms. The van der Waals surface area contributed by atoms with Gasteiger partial charge in [-0.15, -0.1) is 0 Å². The number of amides is 2. The van der Waals surface area contributed by atoms with E-state index in [4.69, 9.17) is 0 Å². The van der Waals surface area contributed by atoms with Gasteiger partial charge in [-0.1, -0.05) is 20.3 Å². The molecule has 4 atom stereocenters. The van der Waals surface area contributed by atoms with E-state index < -0.39 is 5.54 Å². The summed E-state index contributed by atoms with van der Waals surface area (Å²) in [4.78, 5) is 26.6. The van der Waals surface area contributed by atoms with E-state index in [2.05, 4.69) is 19.2 Å². The van der Waals surface area contributed by atoms with Crippen molar-refractivity contribution in [2.24, 2.45) is 11.8 Å². The average molecular weight is 266 g/mol. The Morgan fingerprint density at radius 2 is 1.89 bits per heavy atom. The van der Waals surface area contributed by atoms with Crippen molar-refractivity contribution in [1.29, 1.82) is 0 Å². The lowest BCUT2D eigenvalue weighted by molar-refractivity contribution is -0.156. The highest BCUT2D eigenvalue weighted by molar-refractivity contribution is 5.99. The normalized spacial score (nSPS) is 38.5. The monoisotopic (exact) mass is 266 g/mol. The van der Waals surface area contributed by atoms with Gasteiger partial charge in [-0.2, -0.15) is 0 Å². The zero-order chi connectivity index (χ0) is 14.4. The quantitative estimate of drug-likeness (QED) is 0.830. The first-order chi connectivity index (χ1) is 8.79. The summed E-state index contributed by atoms with van der Waals surface area (Å²) in [6.07, 6.45) is 3.35. The number of nitrogens with one attached hydrogen (secondary N) is 1. The standard InChI is InChI=1S/C15H26N2O2/c1-6-11-7-8-12(9(11)2)17-10(3)13(18)16-15(4,5)14(17)19/h9-12H,6-8H2,1-5H3,(H,16,18). The van der Waals surface area contributed by atoms with Crippen molar-refractivity contribution in [1.82, 2.24) is 10.2 Å². The molecule has 0 aromatic rings. The number of rotatable bonds is 2. The molecule has 1 heterocycles. The lowest BCUT2D eigenvalue weighted by Crippen LogP contribution is -2.69. The predicted octanol–water partition coefficient (Wildman–Crippen LogP) is 1.94. The van der Waals surface area contributed by atoms with E-state index in [1.807, 2.05) is 11.8 Å². The van der Waals surface area contributed by atoms with Crippen molar-refractivity contribution in [3.63, 3.8) is 0 Å². The molecule has 108 valence electrons. The molecule has 0 spiro atoms. The molecule has 4 nitrogen and oxygen atoms in total. The lowest BCUT2D eigenvalue weighted by atomic mass is 9.89. The van der Waals surface area contributed by atoms with Crippen LogP contribution in [0.25, 0.3) is 0 Å². The summed E-state index contributed by atoms with van der Waals surface area (Å²) in [5, 5.41) is 2.82. The number of carbonyl (C=O) groups is 2. The van der Waals surface area contributed by atoms with Gasteiger partial charge in [0.05, 0.1) is 0 Å². The van der Waals surface area contributed by atoms with Crippen LogP contribution in [0.4, 0.5) is 0 Å². The van der Waals surface area contributed by atoms with E-state index in [1.54, 1.807) is 13.8 Å². The first-order valence-corrected chi connectivity index (χ1v) is 7.44. The van der Waals surface area contributed by atoms with E-state index in [0.29, 0.717) is 11.8 Å². The van der Waals surface area contributed by atoms with Gasteiger partial charge >= 0.3 is 0 Å². The molecule has 1 N–H and O–H groups in total. The van der Waals surface area contributed by atoms with Gasteiger partial charge in [0.2, 0.25) is 11.8 Å². The zero-order valence-electron chi connectivity index (χ0n) is 12.7. The minimum Gasteiger partial charge on any atom is -0.340 e. The Bertz CT molecular complexity index is 392. The first kappa shape index (κ1) is 14.4. The maximum atomic E-state index is 12.6. The van der Waals surface area contributed by atoms with Gasteiger partial charge in [0.1, 0.15) is 11.6 Å². The predicted molar refractivity (Wildman–Crippen MR) is 74.5 cm³/mol. The number of hydrogen-bond donors (Lipinski definition) is 1. The van der Waals surface area contributed by atoms with Gasteiger partial charge in [-0.25, -0.2) is 0 Å². The fraction of sp³-hybridized carbons (Fsp3) is 0.867. The molecule has 1 aliphatic heterocycles. The van der Waals surface area contributed by atoms with E-state index in [9.17, 15) is 9.59 Å². The van der Waals surface area contributed by atoms with E-state index in [1.165, 1.54) is 6.42 Å². The van der Waals surface area contributed by atoms with Gasteiger partial charge in [0.25, 0.3) is 0 Å². The van der Waals surface area contributed by atoms with Crippen LogP contribution < -0.4 is 5.32 Å². The van der Waals surface area contributed by atoms with E-state index in [0.717, 1.165) is 12.8 Å².